The number of ether oxygens (including phenoxy) is 1. The Kier molecular flexibility index (Phi) is 3.06. The fourth-order valence-corrected chi connectivity index (χ4v) is 2.96. The Bertz CT molecular complexity index is 209. The van der Waals surface area contributed by atoms with Gasteiger partial charge in [-0.2, -0.15) is 0 Å². The molecule has 1 aliphatic heterocycles. The first-order chi connectivity index (χ1) is 6.79. The SMILES string of the molecule is O=C(O)C1COCCC1C1CCCC1. The molecule has 3 nitrogen and oxygen atoms in total. The molecule has 1 aliphatic carbocycles. The van der Waals surface area contributed by atoms with Crippen LogP contribution in [0, 0.1) is 17.8 Å². The third kappa shape index (κ3) is 1.92. The topological polar surface area (TPSA) is 46.5 Å². The van der Waals surface area contributed by atoms with Crippen molar-refractivity contribution >= 4 is 5.97 Å². The summed E-state index contributed by atoms with van der Waals surface area (Å²) in [5.74, 6) is 0.122. The highest BCUT2D eigenvalue weighted by atomic mass is 16.5. The molecule has 14 heavy (non-hydrogen) atoms. The summed E-state index contributed by atoms with van der Waals surface area (Å²) in [6.07, 6.45) is 5.98. The highest BCUT2D eigenvalue weighted by Crippen LogP contribution is 2.39. The first-order valence-electron chi connectivity index (χ1n) is 5.59. The lowest BCUT2D eigenvalue weighted by molar-refractivity contribution is -0.151. The Labute approximate surface area is 84.4 Å². The van der Waals surface area contributed by atoms with E-state index in [1.807, 2.05) is 0 Å². The molecular weight excluding hydrogens is 180 g/mol. The molecule has 2 unspecified atom stereocenters. The molecule has 1 N–H and O–H groups in total. The van der Waals surface area contributed by atoms with Gasteiger partial charge in [-0.3, -0.25) is 4.79 Å². The van der Waals surface area contributed by atoms with E-state index in [9.17, 15) is 4.79 Å². The van der Waals surface area contributed by atoms with Gasteiger partial charge in [0.1, 0.15) is 0 Å². The number of hydrogen-bond acceptors (Lipinski definition) is 2. The molecule has 2 atom stereocenters. The highest BCUT2D eigenvalue weighted by Gasteiger charge is 2.37. The minimum atomic E-state index is -0.665. The predicted molar refractivity (Wildman–Crippen MR) is 52.0 cm³/mol. The highest BCUT2D eigenvalue weighted by molar-refractivity contribution is 5.70. The predicted octanol–water partition coefficient (Wildman–Crippen LogP) is 1.91. The van der Waals surface area contributed by atoms with E-state index < -0.39 is 5.97 Å². The maximum absolute atomic E-state index is 11.0. The molecule has 0 radical (unpaired) electrons. The van der Waals surface area contributed by atoms with Gasteiger partial charge in [-0.15, -0.1) is 0 Å². The zero-order valence-corrected chi connectivity index (χ0v) is 8.45. The number of rotatable bonds is 2. The van der Waals surface area contributed by atoms with Crippen molar-refractivity contribution < 1.29 is 14.6 Å². The quantitative estimate of drug-likeness (QED) is 0.737. The average molecular weight is 198 g/mol. The normalized spacial score (nSPS) is 34.6. The van der Waals surface area contributed by atoms with E-state index in [-0.39, 0.29) is 5.92 Å². The van der Waals surface area contributed by atoms with Gasteiger partial charge in [0.25, 0.3) is 0 Å². The van der Waals surface area contributed by atoms with Crippen molar-refractivity contribution in [3.63, 3.8) is 0 Å². The molecule has 0 aromatic heterocycles. The van der Waals surface area contributed by atoms with Crippen LogP contribution < -0.4 is 0 Å². The molecule has 1 heterocycles. The molecule has 0 aromatic carbocycles. The molecule has 3 heteroatoms. The lowest BCUT2D eigenvalue weighted by Crippen LogP contribution is -2.37. The van der Waals surface area contributed by atoms with Crippen molar-refractivity contribution in [1.82, 2.24) is 0 Å². The first kappa shape index (κ1) is 9.97. The van der Waals surface area contributed by atoms with Crippen LogP contribution in [-0.2, 0) is 9.53 Å². The molecule has 0 aromatic rings. The van der Waals surface area contributed by atoms with E-state index in [4.69, 9.17) is 9.84 Å². The van der Waals surface area contributed by atoms with Crippen molar-refractivity contribution in [3.05, 3.63) is 0 Å². The molecule has 2 fully saturated rings. The average Bonchev–Trinajstić information content (AvgIpc) is 2.70. The summed E-state index contributed by atoms with van der Waals surface area (Å²) >= 11 is 0. The van der Waals surface area contributed by atoms with Gasteiger partial charge in [0.15, 0.2) is 0 Å². The Balaban J connectivity index is 2.01. The number of aliphatic carboxylic acids is 1. The van der Waals surface area contributed by atoms with Gasteiger partial charge in [0.2, 0.25) is 0 Å². The van der Waals surface area contributed by atoms with Gasteiger partial charge in [-0.25, -0.2) is 0 Å². The molecule has 0 spiro atoms. The minimum absolute atomic E-state index is 0.244. The Morgan fingerprint density at radius 1 is 1.21 bits per heavy atom. The van der Waals surface area contributed by atoms with Gasteiger partial charge in [0.05, 0.1) is 12.5 Å². The summed E-state index contributed by atoms with van der Waals surface area (Å²) in [6, 6.07) is 0. The maximum atomic E-state index is 11.0. The second kappa shape index (κ2) is 4.30. The largest absolute Gasteiger partial charge is 0.481 e. The van der Waals surface area contributed by atoms with Gasteiger partial charge in [0, 0.05) is 6.61 Å². The van der Waals surface area contributed by atoms with E-state index in [0.717, 1.165) is 13.0 Å². The molecule has 0 bridgehead atoms. The Morgan fingerprint density at radius 3 is 2.57 bits per heavy atom. The van der Waals surface area contributed by atoms with Gasteiger partial charge >= 0.3 is 5.97 Å². The van der Waals surface area contributed by atoms with Crippen LogP contribution in [0.4, 0.5) is 0 Å². The number of carboxylic acids is 1. The third-order valence-corrected chi connectivity index (χ3v) is 3.73. The van der Waals surface area contributed by atoms with E-state index in [2.05, 4.69) is 0 Å². The summed E-state index contributed by atoms with van der Waals surface area (Å²) in [7, 11) is 0. The summed E-state index contributed by atoms with van der Waals surface area (Å²) in [5, 5.41) is 9.09. The molecule has 1 saturated carbocycles. The smallest absolute Gasteiger partial charge is 0.309 e. The molecule has 2 aliphatic rings. The standard InChI is InChI=1S/C11H18O3/c12-11(13)10-7-14-6-5-9(10)8-3-1-2-4-8/h8-10H,1-7H2,(H,12,13). The van der Waals surface area contributed by atoms with Crippen LogP contribution in [-0.4, -0.2) is 24.3 Å². The van der Waals surface area contributed by atoms with Gasteiger partial charge < -0.3 is 9.84 Å². The first-order valence-corrected chi connectivity index (χ1v) is 5.59. The van der Waals surface area contributed by atoms with Crippen molar-refractivity contribution in [2.45, 2.75) is 32.1 Å². The summed E-state index contributed by atoms with van der Waals surface area (Å²) in [4.78, 5) is 11.0. The zero-order valence-electron chi connectivity index (χ0n) is 8.45. The minimum Gasteiger partial charge on any atom is -0.481 e. The van der Waals surface area contributed by atoms with Gasteiger partial charge in [-0.05, 0) is 18.3 Å². The van der Waals surface area contributed by atoms with Crippen LogP contribution in [0.25, 0.3) is 0 Å². The van der Waals surface area contributed by atoms with E-state index in [0.29, 0.717) is 18.4 Å². The Morgan fingerprint density at radius 2 is 1.93 bits per heavy atom. The van der Waals surface area contributed by atoms with Crippen molar-refractivity contribution in [1.29, 1.82) is 0 Å². The lowest BCUT2D eigenvalue weighted by Gasteiger charge is -2.32. The molecule has 2 rings (SSSR count). The van der Waals surface area contributed by atoms with Crippen LogP contribution in [0.15, 0.2) is 0 Å². The molecule has 1 saturated heterocycles. The maximum Gasteiger partial charge on any atom is 0.309 e. The number of hydrogen-bond donors (Lipinski definition) is 1. The van der Waals surface area contributed by atoms with Crippen LogP contribution in [0.5, 0.6) is 0 Å². The number of carboxylic acid groups (broad SMARTS) is 1. The summed E-state index contributed by atoms with van der Waals surface area (Å²) < 4.78 is 5.25. The molecular formula is C11H18O3. The zero-order chi connectivity index (χ0) is 9.97. The molecule has 80 valence electrons. The van der Waals surface area contributed by atoms with Crippen LogP contribution in [0.1, 0.15) is 32.1 Å². The Hall–Kier alpha value is -0.570. The third-order valence-electron chi connectivity index (χ3n) is 3.73. The van der Waals surface area contributed by atoms with Crippen LogP contribution in [0.3, 0.4) is 0 Å². The lowest BCUT2D eigenvalue weighted by atomic mass is 9.77. The summed E-state index contributed by atoms with van der Waals surface area (Å²) in [5.41, 5.74) is 0. The fourth-order valence-electron chi connectivity index (χ4n) is 2.96. The van der Waals surface area contributed by atoms with Crippen LogP contribution in [0.2, 0.25) is 0 Å². The van der Waals surface area contributed by atoms with Crippen molar-refractivity contribution in [3.8, 4) is 0 Å². The van der Waals surface area contributed by atoms with Crippen LogP contribution >= 0.6 is 0 Å². The second-order valence-electron chi connectivity index (χ2n) is 4.52. The van der Waals surface area contributed by atoms with E-state index >= 15 is 0 Å². The monoisotopic (exact) mass is 198 g/mol. The number of carbonyl (C=O) groups is 1. The fraction of sp³-hybridized carbons (Fsp3) is 0.909. The second-order valence-corrected chi connectivity index (χ2v) is 4.52. The van der Waals surface area contributed by atoms with E-state index in [1.165, 1.54) is 25.7 Å². The molecule has 0 amide bonds. The van der Waals surface area contributed by atoms with Gasteiger partial charge in [-0.1, -0.05) is 25.7 Å². The van der Waals surface area contributed by atoms with E-state index in [1.54, 1.807) is 0 Å². The van der Waals surface area contributed by atoms with Crippen molar-refractivity contribution in [2.75, 3.05) is 13.2 Å². The van der Waals surface area contributed by atoms with Crippen molar-refractivity contribution in [2.24, 2.45) is 17.8 Å². The summed E-state index contributed by atoms with van der Waals surface area (Å²) in [6.45, 7) is 1.18.